The summed E-state index contributed by atoms with van der Waals surface area (Å²) in [5, 5.41) is 4.85. The summed E-state index contributed by atoms with van der Waals surface area (Å²) in [6, 6.07) is 9.47. The molecule has 0 aliphatic rings. The molecule has 0 saturated carbocycles. The Kier molecular flexibility index (Phi) is 4.99. The van der Waals surface area contributed by atoms with Gasteiger partial charge in [-0.25, -0.2) is 14.6 Å². The van der Waals surface area contributed by atoms with Crippen LogP contribution in [0.5, 0.6) is 6.01 Å². The molecule has 0 N–H and O–H groups in total. The molecule has 0 spiro atoms. The first-order chi connectivity index (χ1) is 12.0. The molecule has 2 aromatic heterocycles. The van der Waals surface area contributed by atoms with E-state index in [1.54, 1.807) is 24.3 Å². The van der Waals surface area contributed by atoms with Crippen LogP contribution in [0, 0.1) is 0 Å². The van der Waals surface area contributed by atoms with E-state index in [1.165, 1.54) is 29.2 Å². The number of rotatable bonds is 5. The van der Waals surface area contributed by atoms with Crippen LogP contribution >= 0.6 is 11.6 Å². The fraction of sp³-hybridized carbons (Fsp3) is 0.125. The van der Waals surface area contributed by atoms with E-state index in [4.69, 9.17) is 11.6 Å². The zero-order chi connectivity index (χ0) is 17.8. The van der Waals surface area contributed by atoms with Crippen molar-refractivity contribution in [2.75, 3.05) is 0 Å². The molecule has 3 rings (SSSR count). The summed E-state index contributed by atoms with van der Waals surface area (Å²) in [7, 11) is 0. The van der Waals surface area contributed by atoms with E-state index in [9.17, 15) is 13.6 Å². The number of benzene rings is 1. The van der Waals surface area contributed by atoms with Crippen molar-refractivity contribution in [3.8, 4) is 17.3 Å². The number of nitrogens with zero attached hydrogens (tertiary/aromatic N) is 4. The predicted octanol–water partition coefficient (Wildman–Crippen LogP) is 3.00. The van der Waals surface area contributed by atoms with Gasteiger partial charge in [0.1, 0.15) is 0 Å². The maximum atomic E-state index is 12.1. The highest BCUT2D eigenvalue weighted by Gasteiger charge is 2.09. The third-order valence-electron chi connectivity index (χ3n) is 3.23. The van der Waals surface area contributed by atoms with Crippen LogP contribution in [0.2, 0.25) is 5.02 Å². The number of hydrogen-bond donors (Lipinski definition) is 0. The van der Waals surface area contributed by atoms with Crippen molar-refractivity contribution in [3.05, 3.63) is 69.7 Å². The molecular formula is C16H11ClF2N4O2. The number of aromatic nitrogens is 4. The highest BCUT2D eigenvalue weighted by Crippen LogP contribution is 2.16. The minimum atomic E-state index is -3.00. The van der Waals surface area contributed by atoms with Gasteiger partial charge in [-0.05, 0) is 23.8 Å². The molecular weight excluding hydrogens is 354 g/mol. The monoisotopic (exact) mass is 364 g/mol. The Morgan fingerprint density at radius 2 is 1.76 bits per heavy atom. The molecule has 9 heteroatoms. The second-order valence-electron chi connectivity index (χ2n) is 4.97. The van der Waals surface area contributed by atoms with Gasteiger partial charge in [-0.1, -0.05) is 23.7 Å². The highest BCUT2D eigenvalue weighted by molar-refractivity contribution is 6.30. The smallest absolute Gasteiger partial charge is 0.389 e. The molecule has 128 valence electrons. The SMILES string of the molecule is O=c1ccc(-c2cnc(OC(F)F)nc2)nn1Cc1ccc(Cl)cc1. The summed E-state index contributed by atoms with van der Waals surface area (Å²) in [6.07, 6.45) is 2.59. The van der Waals surface area contributed by atoms with Crippen LogP contribution in [-0.2, 0) is 6.54 Å². The van der Waals surface area contributed by atoms with Gasteiger partial charge >= 0.3 is 12.6 Å². The van der Waals surface area contributed by atoms with Crippen molar-refractivity contribution in [1.29, 1.82) is 0 Å². The molecule has 0 saturated heterocycles. The van der Waals surface area contributed by atoms with Gasteiger partial charge in [-0.15, -0.1) is 0 Å². The second-order valence-corrected chi connectivity index (χ2v) is 5.41. The summed E-state index contributed by atoms with van der Waals surface area (Å²) < 4.78 is 29.6. The first kappa shape index (κ1) is 17.0. The van der Waals surface area contributed by atoms with Crippen LogP contribution in [-0.4, -0.2) is 26.4 Å². The average Bonchev–Trinajstić information content (AvgIpc) is 2.59. The van der Waals surface area contributed by atoms with Gasteiger partial charge < -0.3 is 4.74 Å². The predicted molar refractivity (Wildman–Crippen MR) is 86.7 cm³/mol. The first-order valence-corrected chi connectivity index (χ1v) is 7.49. The van der Waals surface area contributed by atoms with Crippen molar-refractivity contribution in [2.45, 2.75) is 13.2 Å². The topological polar surface area (TPSA) is 69.9 Å². The van der Waals surface area contributed by atoms with Crippen molar-refractivity contribution in [3.63, 3.8) is 0 Å². The maximum absolute atomic E-state index is 12.1. The van der Waals surface area contributed by atoms with Crippen LogP contribution in [0.25, 0.3) is 11.3 Å². The normalized spacial score (nSPS) is 10.9. The molecule has 6 nitrogen and oxygen atoms in total. The van der Waals surface area contributed by atoms with Crippen molar-refractivity contribution >= 4 is 11.6 Å². The largest absolute Gasteiger partial charge is 0.401 e. The Balaban J connectivity index is 1.85. The van der Waals surface area contributed by atoms with Gasteiger partial charge in [0.05, 0.1) is 12.2 Å². The van der Waals surface area contributed by atoms with Gasteiger partial charge in [-0.3, -0.25) is 4.79 Å². The summed E-state index contributed by atoms with van der Waals surface area (Å²) >= 11 is 5.84. The van der Waals surface area contributed by atoms with Crippen LogP contribution < -0.4 is 10.3 Å². The Hall–Kier alpha value is -2.87. The first-order valence-electron chi connectivity index (χ1n) is 7.11. The van der Waals surface area contributed by atoms with E-state index in [-0.39, 0.29) is 12.1 Å². The van der Waals surface area contributed by atoms with E-state index in [2.05, 4.69) is 19.8 Å². The number of hydrogen-bond acceptors (Lipinski definition) is 5. The lowest BCUT2D eigenvalue weighted by atomic mass is 10.2. The average molecular weight is 365 g/mol. The number of alkyl halides is 2. The van der Waals surface area contributed by atoms with E-state index in [0.717, 1.165) is 5.56 Å². The van der Waals surface area contributed by atoms with Crippen LogP contribution in [0.4, 0.5) is 8.78 Å². The summed E-state index contributed by atoms with van der Waals surface area (Å²) in [6.45, 7) is -2.73. The van der Waals surface area contributed by atoms with Gasteiger partial charge in [0.15, 0.2) is 0 Å². The van der Waals surface area contributed by atoms with E-state index >= 15 is 0 Å². The fourth-order valence-electron chi connectivity index (χ4n) is 2.07. The van der Waals surface area contributed by atoms with Crippen molar-refractivity contribution in [1.82, 2.24) is 19.7 Å². The fourth-order valence-corrected chi connectivity index (χ4v) is 2.19. The van der Waals surface area contributed by atoms with Crippen molar-refractivity contribution in [2.24, 2.45) is 0 Å². The summed E-state index contributed by atoms with van der Waals surface area (Å²) in [4.78, 5) is 19.4. The van der Waals surface area contributed by atoms with Gasteiger partial charge in [-0.2, -0.15) is 13.9 Å². The molecule has 0 radical (unpaired) electrons. The molecule has 1 aromatic carbocycles. The minimum absolute atomic E-state index is 0.261. The molecule has 2 heterocycles. The maximum Gasteiger partial charge on any atom is 0.389 e. The van der Waals surface area contributed by atoms with Gasteiger partial charge in [0, 0.05) is 29.0 Å². The summed E-state index contributed by atoms with van der Waals surface area (Å²) in [5.74, 6) is 0. The molecule has 0 atom stereocenters. The van der Waals surface area contributed by atoms with E-state index in [0.29, 0.717) is 16.3 Å². The zero-order valence-electron chi connectivity index (χ0n) is 12.6. The van der Waals surface area contributed by atoms with Gasteiger partial charge in [0.2, 0.25) is 0 Å². The van der Waals surface area contributed by atoms with Crippen LogP contribution in [0.15, 0.2) is 53.6 Å². The molecule has 0 aliphatic carbocycles. The molecule has 0 aliphatic heterocycles. The Morgan fingerprint density at radius 1 is 1.08 bits per heavy atom. The Labute approximate surface area is 145 Å². The molecule has 0 unspecified atom stereocenters. The summed E-state index contributed by atoms with van der Waals surface area (Å²) in [5.41, 5.74) is 1.47. The number of halogens is 3. The lowest BCUT2D eigenvalue weighted by Crippen LogP contribution is -2.22. The Bertz CT molecular complexity index is 915. The van der Waals surface area contributed by atoms with E-state index < -0.39 is 12.6 Å². The van der Waals surface area contributed by atoms with Gasteiger partial charge in [0.25, 0.3) is 5.56 Å². The molecule has 0 fully saturated rings. The molecule has 3 aromatic rings. The lowest BCUT2D eigenvalue weighted by molar-refractivity contribution is -0.0560. The molecule has 0 bridgehead atoms. The van der Waals surface area contributed by atoms with Crippen LogP contribution in [0.1, 0.15) is 5.56 Å². The minimum Gasteiger partial charge on any atom is -0.401 e. The zero-order valence-corrected chi connectivity index (χ0v) is 13.4. The Morgan fingerprint density at radius 3 is 2.40 bits per heavy atom. The van der Waals surface area contributed by atoms with Crippen LogP contribution in [0.3, 0.4) is 0 Å². The third-order valence-corrected chi connectivity index (χ3v) is 3.48. The standard InChI is InChI=1S/C16H11ClF2N4O2/c17-12-3-1-10(2-4-12)9-23-14(24)6-5-13(22-23)11-7-20-16(21-8-11)25-15(18)19/h1-8,15H,9H2. The van der Waals surface area contributed by atoms with E-state index in [1.807, 2.05) is 0 Å². The third kappa shape index (κ3) is 4.36. The number of ether oxygens (including phenoxy) is 1. The quantitative estimate of drug-likeness (QED) is 0.696. The molecule has 0 amide bonds. The van der Waals surface area contributed by atoms with Crippen molar-refractivity contribution < 1.29 is 13.5 Å². The second kappa shape index (κ2) is 7.35. The highest BCUT2D eigenvalue weighted by atomic mass is 35.5. The lowest BCUT2D eigenvalue weighted by Gasteiger charge is -2.08. The molecule has 25 heavy (non-hydrogen) atoms.